The summed E-state index contributed by atoms with van der Waals surface area (Å²) in [5.41, 5.74) is 6.93. The van der Waals surface area contributed by atoms with E-state index in [1.54, 1.807) is 14.2 Å². The van der Waals surface area contributed by atoms with E-state index in [-0.39, 0.29) is 18.3 Å². The van der Waals surface area contributed by atoms with Crippen LogP contribution in [0.5, 0.6) is 11.5 Å². The number of halogens is 2. The first-order chi connectivity index (χ1) is 8.96. The lowest BCUT2D eigenvalue weighted by Crippen LogP contribution is -2.31. The summed E-state index contributed by atoms with van der Waals surface area (Å²) in [5, 5.41) is 10.2. The molecule has 1 rings (SSSR count). The van der Waals surface area contributed by atoms with Gasteiger partial charge in [0, 0.05) is 0 Å². The minimum atomic E-state index is -0.597. The normalized spacial score (nSPS) is 14.9. The number of aliphatic hydroxyl groups is 1. The molecular formula is C14H23BrClNO3. The number of hydrogen-bond donors (Lipinski definition) is 2. The molecule has 0 amide bonds. The molecule has 4 nitrogen and oxygen atoms in total. The molecule has 116 valence electrons. The van der Waals surface area contributed by atoms with E-state index in [1.807, 2.05) is 26.0 Å². The molecular weight excluding hydrogens is 346 g/mol. The van der Waals surface area contributed by atoms with Crippen molar-refractivity contribution < 1.29 is 14.6 Å². The van der Waals surface area contributed by atoms with Crippen molar-refractivity contribution in [3.63, 3.8) is 0 Å². The Balaban J connectivity index is 0.00000361. The first kappa shape index (κ1) is 19.5. The van der Waals surface area contributed by atoms with E-state index in [9.17, 15) is 5.11 Å². The molecule has 0 bridgehead atoms. The molecule has 6 heteroatoms. The van der Waals surface area contributed by atoms with Gasteiger partial charge in [-0.25, -0.2) is 0 Å². The Morgan fingerprint density at radius 3 is 2.05 bits per heavy atom. The van der Waals surface area contributed by atoms with Gasteiger partial charge in [-0.2, -0.15) is 0 Å². The highest BCUT2D eigenvalue weighted by molar-refractivity contribution is 9.10. The standard InChI is InChI=1S/C14H22BrNO3.ClH/c1-5-8(2)14(17)13(16)9-6-10(18-3)12(15)11(7-9)19-4;/h6-8,13-14,17H,5,16H2,1-4H3;1H/t8?,13-,14+;/m1./s1. The fraction of sp³-hybridized carbons (Fsp3) is 0.571. The van der Waals surface area contributed by atoms with Gasteiger partial charge < -0.3 is 20.3 Å². The predicted molar refractivity (Wildman–Crippen MR) is 86.9 cm³/mol. The molecule has 3 atom stereocenters. The van der Waals surface area contributed by atoms with E-state index in [0.29, 0.717) is 11.5 Å². The Labute approximate surface area is 135 Å². The third-order valence-electron chi connectivity index (χ3n) is 3.45. The molecule has 1 unspecified atom stereocenters. The van der Waals surface area contributed by atoms with Gasteiger partial charge in [-0.1, -0.05) is 20.3 Å². The summed E-state index contributed by atoms with van der Waals surface area (Å²) in [7, 11) is 3.17. The molecule has 0 fully saturated rings. The number of nitrogens with two attached hydrogens (primary N) is 1. The van der Waals surface area contributed by atoms with Gasteiger partial charge in [-0.05, 0) is 39.5 Å². The summed E-state index contributed by atoms with van der Waals surface area (Å²) in [6, 6.07) is 3.18. The van der Waals surface area contributed by atoms with Crippen molar-refractivity contribution in [2.45, 2.75) is 32.4 Å². The first-order valence-corrected chi connectivity index (χ1v) is 7.10. The maximum absolute atomic E-state index is 10.2. The van der Waals surface area contributed by atoms with Crippen molar-refractivity contribution in [2.24, 2.45) is 11.7 Å². The van der Waals surface area contributed by atoms with Gasteiger partial charge >= 0.3 is 0 Å². The lowest BCUT2D eigenvalue weighted by molar-refractivity contribution is 0.0878. The second kappa shape index (κ2) is 8.72. The molecule has 0 spiro atoms. The van der Waals surface area contributed by atoms with Crippen molar-refractivity contribution in [3.05, 3.63) is 22.2 Å². The highest BCUT2D eigenvalue weighted by atomic mass is 79.9. The third kappa shape index (κ3) is 4.25. The van der Waals surface area contributed by atoms with Crippen LogP contribution in [-0.4, -0.2) is 25.4 Å². The number of rotatable bonds is 6. The molecule has 0 saturated heterocycles. The second-order valence-electron chi connectivity index (χ2n) is 4.64. The van der Waals surface area contributed by atoms with Gasteiger partial charge in [0.25, 0.3) is 0 Å². The fourth-order valence-electron chi connectivity index (χ4n) is 1.87. The molecule has 1 aromatic rings. The van der Waals surface area contributed by atoms with E-state index in [1.165, 1.54) is 0 Å². The number of hydrogen-bond acceptors (Lipinski definition) is 4. The van der Waals surface area contributed by atoms with E-state index < -0.39 is 12.1 Å². The minimum Gasteiger partial charge on any atom is -0.495 e. The molecule has 0 radical (unpaired) electrons. The molecule has 3 N–H and O–H groups in total. The van der Waals surface area contributed by atoms with Crippen molar-refractivity contribution >= 4 is 28.3 Å². The van der Waals surface area contributed by atoms with Crippen LogP contribution in [0.25, 0.3) is 0 Å². The van der Waals surface area contributed by atoms with Crippen LogP contribution in [0.3, 0.4) is 0 Å². The molecule has 0 saturated carbocycles. The quantitative estimate of drug-likeness (QED) is 0.808. The van der Waals surface area contributed by atoms with Gasteiger partial charge in [-0.3, -0.25) is 0 Å². The largest absolute Gasteiger partial charge is 0.495 e. The average Bonchev–Trinajstić information content (AvgIpc) is 2.44. The second-order valence-corrected chi connectivity index (χ2v) is 5.43. The van der Waals surface area contributed by atoms with Crippen LogP contribution in [0.4, 0.5) is 0 Å². The number of benzene rings is 1. The van der Waals surface area contributed by atoms with E-state index in [0.717, 1.165) is 16.5 Å². The molecule has 0 aliphatic rings. The van der Waals surface area contributed by atoms with E-state index >= 15 is 0 Å². The maximum Gasteiger partial charge on any atom is 0.137 e. The summed E-state index contributed by atoms with van der Waals surface area (Å²) in [5.74, 6) is 1.41. The summed E-state index contributed by atoms with van der Waals surface area (Å²) in [6.07, 6.45) is 0.278. The summed E-state index contributed by atoms with van der Waals surface area (Å²) < 4.78 is 11.3. The number of ether oxygens (including phenoxy) is 2. The Bertz CT molecular complexity index is 406. The van der Waals surface area contributed by atoms with Crippen LogP contribution in [0, 0.1) is 5.92 Å². The van der Waals surface area contributed by atoms with Gasteiger partial charge in [0.2, 0.25) is 0 Å². The highest BCUT2D eigenvalue weighted by Gasteiger charge is 2.24. The van der Waals surface area contributed by atoms with Crippen LogP contribution in [0.2, 0.25) is 0 Å². The molecule has 0 aliphatic carbocycles. The zero-order valence-corrected chi connectivity index (χ0v) is 14.6. The molecule has 0 aliphatic heterocycles. The topological polar surface area (TPSA) is 64.7 Å². The zero-order valence-electron chi connectivity index (χ0n) is 12.2. The van der Waals surface area contributed by atoms with E-state index in [2.05, 4.69) is 15.9 Å². The van der Waals surface area contributed by atoms with Crippen LogP contribution in [0.1, 0.15) is 31.9 Å². The Morgan fingerprint density at radius 2 is 1.70 bits per heavy atom. The fourth-order valence-corrected chi connectivity index (χ4v) is 2.43. The van der Waals surface area contributed by atoms with Gasteiger partial charge in [0.15, 0.2) is 0 Å². The predicted octanol–water partition coefficient (Wildman–Crippen LogP) is 3.29. The van der Waals surface area contributed by atoms with E-state index in [4.69, 9.17) is 15.2 Å². The zero-order chi connectivity index (χ0) is 14.6. The minimum absolute atomic E-state index is 0. The summed E-state index contributed by atoms with van der Waals surface area (Å²) in [4.78, 5) is 0. The molecule has 20 heavy (non-hydrogen) atoms. The first-order valence-electron chi connectivity index (χ1n) is 6.31. The monoisotopic (exact) mass is 367 g/mol. The summed E-state index contributed by atoms with van der Waals surface area (Å²) in [6.45, 7) is 4.02. The molecule has 1 aromatic carbocycles. The van der Waals surface area contributed by atoms with Gasteiger partial charge in [-0.15, -0.1) is 12.4 Å². The highest BCUT2D eigenvalue weighted by Crippen LogP contribution is 2.38. The molecule has 0 heterocycles. The van der Waals surface area contributed by atoms with Crippen molar-refractivity contribution in [1.82, 2.24) is 0 Å². The number of aliphatic hydroxyl groups excluding tert-OH is 1. The number of methoxy groups -OCH3 is 2. The van der Waals surface area contributed by atoms with Crippen molar-refractivity contribution in [3.8, 4) is 11.5 Å². The van der Waals surface area contributed by atoms with Crippen LogP contribution >= 0.6 is 28.3 Å². The third-order valence-corrected chi connectivity index (χ3v) is 4.23. The smallest absolute Gasteiger partial charge is 0.137 e. The lowest BCUT2D eigenvalue weighted by Gasteiger charge is -2.25. The van der Waals surface area contributed by atoms with Crippen molar-refractivity contribution in [2.75, 3.05) is 14.2 Å². The Hall–Kier alpha value is -0.490. The van der Waals surface area contributed by atoms with Crippen molar-refractivity contribution in [1.29, 1.82) is 0 Å². The van der Waals surface area contributed by atoms with Gasteiger partial charge in [0.1, 0.15) is 16.0 Å². The lowest BCUT2D eigenvalue weighted by atomic mass is 9.91. The maximum atomic E-state index is 10.2. The molecule has 0 aromatic heterocycles. The van der Waals surface area contributed by atoms with Crippen LogP contribution in [-0.2, 0) is 0 Å². The summed E-state index contributed by atoms with van der Waals surface area (Å²) >= 11 is 3.41. The Kier molecular flexibility index (Phi) is 8.51. The average molecular weight is 369 g/mol. The van der Waals surface area contributed by atoms with Crippen LogP contribution in [0.15, 0.2) is 16.6 Å². The Morgan fingerprint density at radius 1 is 1.25 bits per heavy atom. The SMILES string of the molecule is CCC(C)[C@H](O)[C@H](N)c1cc(OC)c(Br)c(OC)c1.Cl. The van der Waals surface area contributed by atoms with Gasteiger partial charge in [0.05, 0.1) is 26.4 Å². The van der Waals surface area contributed by atoms with Crippen LogP contribution < -0.4 is 15.2 Å².